The Morgan fingerprint density at radius 1 is 1.30 bits per heavy atom. The van der Waals surface area contributed by atoms with E-state index in [1.54, 1.807) is 4.90 Å². The third-order valence-corrected chi connectivity index (χ3v) is 4.13. The van der Waals surface area contributed by atoms with E-state index in [0.29, 0.717) is 12.3 Å². The molecule has 0 unspecified atom stereocenters. The van der Waals surface area contributed by atoms with E-state index in [9.17, 15) is 4.79 Å². The zero-order valence-corrected chi connectivity index (χ0v) is 13.0. The highest BCUT2D eigenvalue weighted by molar-refractivity contribution is 9.10. The molecule has 2 rings (SSSR count). The van der Waals surface area contributed by atoms with E-state index in [4.69, 9.17) is 9.84 Å². The van der Waals surface area contributed by atoms with E-state index in [1.165, 1.54) is 0 Å². The summed E-state index contributed by atoms with van der Waals surface area (Å²) in [6, 6.07) is 7.67. The van der Waals surface area contributed by atoms with Crippen molar-refractivity contribution in [3.63, 3.8) is 0 Å². The maximum atomic E-state index is 12.2. The second-order valence-corrected chi connectivity index (χ2v) is 5.91. The predicted molar refractivity (Wildman–Crippen MR) is 80.7 cm³/mol. The Bertz CT molecular complexity index is 429. The minimum Gasteiger partial charge on any atom is -0.484 e. The number of aliphatic hydroxyl groups is 1. The fraction of sp³-hybridized carbons (Fsp3) is 0.533. The monoisotopic (exact) mass is 341 g/mol. The van der Waals surface area contributed by atoms with Crippen LogP contribution < -0.4 is 4.74 Å². The van der Waals surface area contributed by atoms with Gasteiger partial charge in [0.2, 0.25) is 0 Å². The molecule has 4 nitrogen and oxygen atoms in total. The Morgan fingerprint density at radius 3 is 2.55 bits per heavy atom. The first-order valence-electron chi connectivity index (χ1n) is 6.99. The van der Waals surface area contributed by atoms with Crippen LogP contribution in [0.15, 0.2) is 28.7 Å². The highest BCUT2D eigenvalue weighted by Crippen LogP contribution is 2.23. The van der Waals surface area contributed by atoms with Crippen molar-refractivity contribution in [2.75, 3.05) is 19.8 Å². The van der Waals surface area contributed by atoms with E-state index < -0.39 is 0 Å². The average molecular weight is 342 g/mol. The molecule has 0 heterocycles. The van der Waals surface area contributed by atoms with Gasteiger partial charge in [-0.25, -0.2) is 0 Å². The Hall–Kier alpha value is -1.07. The van der Waals surface area contributed by atoms with Gasteiger partial charge < -0.3 is 14.7 Å². The highest BCUT2D eigenvalue weighted by Gasteiger charge is 2.26. The van der Waals surface area contributed by atoms with Crippen LogP contribution in [0.2, 0.25) is 0 Å². The Labute approximate surface area is 127 Å². The van der Waals surface area contributed by atoms with Crippen molar-refractivity contribution < 1.29 is 14.6 Å². The van der Waals surface area contributed by atoms with Gasteiger partial charge in [-0.1, -0.05) is 28.8 Å². The molecule has 1 aliphatic rings. The van der Waals surface area contributed by atoms with Gasteiger partial charge >= 0.3 is 0 Å². The molecule has 1 aromatic carbocycles. The number of benzene rings is 1. The molecule has 1 amide bonds. The van der Waals surface area contributed by atoms with Gasteiger partial charge in [-0.05, 0) is 37.1 Å². The molecule has 1 aliphatic carbocycles. The van der Waals surface area contributed by atoms with E-state index in [-0.39, 0.29) is 25.2 Å². The molecule has 0 aliphatic heterocycles. The summed E-state index contributed by atoms with van der Waals surface area (Å²) in [4.78, 5) is 14.0. The van der Waals surface area contributed by atoms with Crippen molar-refractivity contribution in [2.45, 2.75) is 31.7 Å². The molecular formula is C15H20BrNO3. The molecule has 110 valence electrons. The van der Waals surface area contributed by atoms with E-state index >= 15 is 0 Å². The lowest BCUT2D eigenvalue weighted by Gasteiger charge is -2.28. The maximum absolute atomic E-state index is 12.2. The summed E-state index contributed by atoms with van der Waals surface area (Å²) in [6.07, 6.45) is 4.38. The van der Waals surface area contributed by atoms with E-state index in [0.717, 1.165) is 30.2 Å². The SMILES string of the molecule is O=C(COc1ccc(Br)cc1)N(CCO)C1CCCC1. The molecule has 0 bridgehead atoms. The Balaban J connectivity index is 1.89. The number of carbonyl (C=O) groups is 1. The highest BCUT2D eigenvalue weighted by atomic mass is 79.9. The second-order valence-electron chi connectivity index (χ2n) is 4.99. The predicted octanol–water partition coefficient (Wildman–Crippen LogP) is 2.59. The fourth-order valence-electron chi connectivity index (χ4n) is 2.59. The number of carbonyl (C=O) groups excluding carboxylic acids is 1. The van der Waals surface area contributed by atoms with Crippen LogP contribution in [0.4, 0.5) is 0 Å². The van der Waals surface area contributed by atoms with Crippen molar-refractivity contribution in [3.05, 3.63) is 28.7 Å². The summed E-state index contributed by atoms with van der Waals surface area (Å²) in [6.45, 7) is 0.422. The summed E-state index contributed by atoms with van der Waals surface area (Å²) in [5.74, 6) is 0.630. The number of rotatable bonds is 6. The van der Waals surface area contributed by atoms with Gasteiger partial charge in [-0.2, -0.15) is 0 Å². The Kier molecular flexibility index (Phi) is 5.86. The number of nitrogens with zero attached hydrogens (tertiary/aromatic N) is 1. The van der Waals surface area contributed by atoms with E-state index in [1.807, 2.05) is 24.3 Å². The molecule has 1 saturated carbocycles. The van der Waals surface area contributed by atoms with Crippen LogP contribution in [0.3, 0.4) is 0 Å². The van der Waals surface area contributed by atoms with Gasteiger partial charge in [0.15, 0.2) is 6.61 Å². The van der Waals surface area contributed by atoms with Gasteiger partial charge in [0.05, 0.1) is 6.61 Å². The summed E-state index contributed by atoms with van der Waals surface area (Å²) in [5.41, 5.74) is 0. The molecule has 1 aromatic rings. The van der Waals surface area contributed by atoms with Crippen LogP contribution in [-0.4, -0.2) is 41.7 Å². The molecular weight excluding hydrogens is 322 g/mol. The zero-order chi connectivity index (χ0) is 14.4. The van der Waals surface area contributed by atoms with Gasteiger partial charge in [0.1, 0.15) is 5.75 Å². The van der Waals surface area contributed by atoms with Gasteiger partial charge in [0, 0.05) is 17.1 Å². The smallest absolute Gasteiger partial charge is 0.260 e. The summed E-state index contributed by atoms with van der Waals surface area (Å²) < 4.78 is 6.49. The fourth-order valence-corrected chi connectivity index (χ4v) is 2.86. The van der Waals surface area contributed by atoms with Crippen LogP contribution >= 0.6 is 15.9 Å². The summed E-state index contributed by atoms with van der Waals surface area (Å²) >= 11 is 3.36. The molecule has 0 radical (unpaired) electrons. The summed E-state index contributed by atoms with van der Waals surface area (Å²) in [7, 11) is 0. The maximum Gasteiger partial charge on any atom is 0.260 e. The van der Waals surface area contributed by atoms with E-state index in [2.05, 4.69) is 15.9 Å². The molecule has 0 spiro atoms. The molecule has 0 aromatic heterocycles. The Morgan fingerprint density at radius 2 is 1.95 bits per heavy atom. The average Bonchev–Trinajstić information content (AvgIpc) is 2.97. The number of hydrogen-bond acceptors (Lipinski definition) is 3. The van der Waals surface area contributed by atoms with Crippen molar-refractivity contribution in [1.29, 1.82) is 0 Å². The molecule has 1 N–H and O–H groups in total. The molecule has 0 atom stereocenters. The van der Waals surface area contributed by atoms with Crippen molar-refractivity contribution >= 4 is 21.8 Å². The second kappa shape index (κ2) is 7.64. The third kappa shape index (κ3) is 4.21. The van der Waals surface area contributed by atoms with Gasteiger partial charge in [-0.3, -0.25) is 4.79 Å². The number of hydrogen-bond donors (Lipinski definition) is 1. The van der Waals surface area contributed by atoms with Crippen molar-refractivity contribution in [3.8, 4) is 5.75 Å². The number of aliphatic hydroxyl groups excluding tert-OH is 1. The summed E-state index contributed by atoms with van der Waals surface area (Å²) in [5, 5.41) is 9.12. The normalized spacial score (nSPS) is 15.3. The third-order valence-electron chi connectivity index (χ3n) is 3.60. The van der Waals surface area contributed by atoms with Gasteiger partial charge in [0.25, 0.3) is 5.91 Å². The molecule has 20 heavy (non-hydrogen) atoms. The molecule has 5 heteroatoms. The first-order valence-corrected chi connectivity index (χ1v) is 7.78. The topological polar surface area (TPSA) is 49.8 Å². The lowest BCUT2D eigenvalue weighted by Crippen LogP contribution is -2.43. The molecule has 1 fully saturated rings. The first-order chi connectivity index (χ1) is 9.70. The number of amides is 1. The van der Waals surface area contributed by atoms with Crippen LogP contribution in [0.25, 0.3) is 0 Å². The number of halogens is 1. The molecule has 0 saturated heterocycles. The quantitative estimate of drug-likeness (QED) is 0.865. The lowest BCUT2D eigenvalue weighted by molar-refractivity contribution is -0.136. The minimum absolute atomic E-state index is 0.000520. The van der Waals surface area contributed by atoms with Crippen molar-refractivity contribution in [2.24, 2.45) is 0 Å². The zero-order valence-electron chi connectivity index (χ0n) is 11.4. The van der Waals surface area contributed by atoms with Crippen LogP contribution in [0, 0.1) is 0 Å². The van der Waals surface area contributed by atoms with Crippen LogP contribution in [-0.2, 0) is 4.79 Å². The minimum atomic E-state index is -0.0473. The van der Waals surface area contributed by atoms with Crippen LogP contribution in [0.5, 0.6) is 5.75 Å². The van der Waals surface area contributed by atoms with Gasteiger partial charge in [-0.15, -0.1) is 0 Å². The lowest BCUT2D eigenvalue weighted by atomic mass is 10.2. The first kappa shape index (κ1) is 15.3. The standard InChI is InChI=1S/C15H20BrNO3/c16-12-5-7-14(8-6-12)20-11-15(19)17(9-10-18)13-3-1-2-4-13/h5-8,13,18H,1-4,9-11H2. The van der Waals surface area contributed by atoms with Crippen LogP contribution in [0.1, 0.15) is 25.7 Å². The number of ether oxygens (including phenoxy) is 1. The largest absolute Gasteiger partial charge is 0.484 e. The van der Waals surface area contributed by atoms with Crippen molar-refractivity contribution in [1.82, 2.24) is 4.90 Å².